The summed E-state index contributed by atoms with van der Waals surface area (Å²) in [6.07, 6.45) is 9.22. The molecule has 5 nitrogen and oxygen atoms in total. The van der Waals surface area contributed by atoms with Gasteiger partial charge in [0.25, 0.3) is 0 Å². The second-order valence-corrected chi connectivity index (χ2v) is 6.16. The highest BCUT2D eigenvalue weighted by Gasteiger charge is 2.22. The SMILES string of the molecule is CNc1nccnc1C[C@@H]1CCCN(Cc2cccn2C)C1. The predicted molar refractivity (Wildman–Crippen MR) is 88.7 cm³/mol. The van der Waals surface area contributed by atoms with Crippen molar-refractivity contribution in [2.75, 3.05) is 25.5 Å². The van der Waals surface area contributed by atoms with Crippen LogP contribution in [0.1, 0.15) is 24.2 Å². The fourth-order valence-electron chi connectivity index (χ4n) is 3.35. The van der Waals surface area contributed by atoms with E-state index in [-0.39, 0.29) is 0 Å². The van der Waals surface area contributed by atoms with Gasteiger partial charge in [0.05, 0.1) is 5.69 Å². The van der Waals surface area contributed by atoms with E-state index >= 15 is 0 Å². The highest BCUT2D eigenvalue weighted by atomic mass is 15.1. The Bertz CT molecular complexity index is 607. The van der Waals surface area contributed by atoms with Gasteiger partial charge in [0.15, 0.2) is 0 Å². The number of rotatable bonds is 5. The van der Waals surface area contributed by atoms with Gasteiger partial charge in [-0.15, -0.1) is 0 Å². The summed E-state index contributed by atoms with van der Waals surface area (Å²) in [5.74, 6) is 1.58. The van der Waals surface area contributed by atoms with Crippen LogP contribution in [0, 0.1) is 5.92 Å². The first-order chi connectivity index (χ1) is 10.8. The smallest absolute Gasteiger partial charge is 0.147 e. The molecule has 0 saturated carbocycles. The van der Waals surface area contributed by atoms with Crippen LogP contribution >= 0.6 is 0 Å². The topological polar surface area (TPSA) is 46.0 Å². The molecule has 1 saturated heterocycles. The van der Waals surface area contributed by atoms with Crippen LogP contribution < -0.4 is 5.32 Å². The monoisotopic (exact) mass is 299 g/mol. The first-order valence-corrected chi connectivity index (χ1v) is 8.06. The summed E-state index contributed by atoms with van der Waals surface area (Å²) in [6, 6.07) is 4.33. The number of piperidine rings is 1. The van der Waals surface area contributed by atoms with Crippen molar-refractivity contribution in [1.82, 2.24) is 19.4 Å². The third-order valence-electron chi connectivity index (χ3n) is 4.53. The second-order valence-electron chi connectivity index (χ2n) is 6.16. The number of aromatic nitrogens is 3. The van der Waals surface area contributed by atoms with Crippen molar-refractivity contribution in [2.24, 2.45) is 13.0 Å². The van der Waals surface area contributed by atoms with Crippen molar-refractivity contribution in [3.8, 4) is 0 Å². The highest BCUT2D eigenvalue weighted by Crippen LogP contribution is 2.23. The molecule has 3 heterocycles. The van der Waals surface area contributed by atoms with Gasteiger partial charge < -0.3 is 9.88 Å². The minimum absolute atomic E-state index is 0.665. The van der Waals surface area contributed by atoms with E-state index in [0.717, 1.165) is 31.0 Å². The first kappa shape index (κ1) is 15.0. The molecule has 0 bridgehead atoms. The largest absolute Gasteiger partial charge is 0.372 e. The Morgan fingerprint density at radius 3 is 2.95 bits per heavy atom. The number of anilines is 1. The highest BCUT2D eigenvalue weighted by molar-refractivity contribution is 5.38. The van der Waals surface area contributed by atoms with Crippen LogP contribution in [0.5, 0.6) is 0 Å². The molecule has 22 heavy (non-hydrogen) atoms. The number of aryl methyl sites for hydroxylation is 1. The second kappa shape index (κ2) is 6.92. The average Bonchev–Trinajstić information content (AvgIpc) is 2.93. The zero-order valence-corrected chi connectivity index (χ0v) is 13.5. The molecule has 2 aromatic heterocycles. The third-order valence-corrected chi connectivity index (χ3v) is 4.53. The maximum absolute atomic E-state index is 4.51. The summed E-state index contributed by atoms with van der Waals surface area (Å²) in [4.78, 5) is 11.4. The Labute approximate surface area is 132 Å². The van der Waals surface area contributed by atoms with Crippen LogP contribution in [0.2, 0.25) is 0 Å². The van der Waals surface area contributed by atoms with Crippen molar-refractivity contribution in [2.45, 2.75) is 25.8 Å². The lowest BCUT2D eigenvalue weighted by Gasteiger charge is -2.32. The van der Waals surface area contributed by atoms with Crippen LogP contribution in [-0.2, 0) is 20.0 Å². The number of nitrogens with zero attached hydrogens (tertiary/aromatic N) is 4. The summed E-state index contributed by atoms with van der Waals surface area (Å²) in [5.41, 5.74) is 2.48. The summed E-state index contributed by atoms with van der Waals surface area (Å²) in [5, 5.41) is 3.15. The van der Waals surface area contributed by atoms with Crippen molar-refractivity contribution in [1.29, 1.82) is 0 Å². The van der Waals surface area contributed by atoms with Gasteiger partial charge in [-0.05, 0) is 43.9 Å². The minimum Gasteiger partial charge on any atom is -0.372 e. The maximum Gasteiger partial charge on any atom is 0.147 e. The lowest BCUT2D eigenvalue weighted by atomic mass is 9.93. The summed E-state index contributed by atoms with van der Waals surface area (Å²) < 4.78 is 2.21. The minimum atomic E-state index is 0.665. The molecular formula is C17H25N5. The average molecular weight is 299 g/mol. The van der Waals surface area contributed by atoms with Gasteiger partial charge in [0.2, 0.25) is 0 Å². The number of hydrogen-bond donors (Lipinski definition) is 1. The number of nitrogens with one attached hydrogen (secondary N) is 1. The van der Waals surface area contributed by atoms with Crippen LogP contribution in [0.15, 0.2) is 30.7 Å². The quantitative estimate of drug-likeness (QED) is 0.920. The predicted octanol–water partition coefficient (Wildman–Crippen LogP) is 2.31. The summed E-state index contributed by atoms with van der Waals surface area (Å²) in [7, 11) is 4.03. The first-order valence-electron chi connectivity index (χ1n) is 8.06. The van der Waals surface area contributed by atoms with Gasteiger partial charge in [-0.3, -0.25) is 9.88 Å². The van der Waals surface area contributed by atoms with Crippen molar-refractivity contribution >= 4 is 5.82 Å². The zero-order chi connectivity index (χ0) is 15.4. The molecule has 1 aliphatic heterocycles. The molecule has 0 aliphatic carbocycles. The van der Waals surface area contributed by atoms with Gasteiger partial charge in [-0.2, -0.15) is 0 Å². The van der Waals surface area contributed by atoms with E-state index in [1.807, 2.05) is 7.05 Å². The Morgan fingerprint density at radius 1 is 1.32 bits per heavy atom. The molecule has 0 amide bonds. The Balaban J connectivity index is 1.62. The van der Waals surface area contributed by atoms with Crippen LogP contribution in [-0.4, -0.2) is 39.6 Å². The summed E-state index contributed by atoms with van der Waals surface area (Å²) >= 11 is 0. The fraction of sp³-hybridized carbons (Fsp3) is 0.529. The Morgan fingerprint density at radius 2 is 2.18 bits per heavy atom. The van der Waals surface area contributed by atoms with Gasteiger partial charge in [-0.1, -0.05) is 0 Å². The van der Waals surface area contributed by atoms with Crippen molar-refractivity contribution in [3.63, 3.8) is 0 Å². The van der Waals surface area contributed by atoms with E-state index in [1.54, 1.807) is 12.4 Å². The molecule has 0 radical (unpaired) electrons. The fourth-order valence-corrected chi connectivity index (χ4v) is 3.35. The van der Waals surface area contributed by atoms with E-state index in [4.69, 9.17) is 0 Å². The normalized spacial score (nSPS) is 19.3. The van der Waals surface area contributed by atoms with Crippen molar-refractivity contribution < 1.29 is 0 Å². The van der Waals surface area contributed by atoms with Crippen molar-refractivity contribution in [3.05, 3.63) is 42.1 Å². The summed E-state index contributed by atoms with van der Waals surface area (Å²) in [6.45, 7) is 3.38. The molecule has 5 heteroatoms. The van der Waals surface area contributed by atoms with Crippen LogP contribution in [0.3, 0.4) is 0 Å². The van der Waals surface area contributed by atoms with E-state index in [1.165, 1.54) is 25.1 Å². The standard InChI is InChI=1S/C17H25N5/c1-18-17-16(19-7-8-20-17)11-14-5-3-10-22(12-14)13-15-6-4-9-21(15)2/h4,6-9,14H,3,5,10-13H2,1-2H3,(H,18,20)/t14-/m0/s1. The molecule has 1 atom stereocenters. The maximum atomic E-state index is 4.51. The molecule has 1 N–H and O–H groups in total. The van der Waals surface area contributed by atoms with E-state index < -0.39 is 0 Å². The number of hydrogen-bond acceptors (Lipinski definition) is 4. The Hall–Kier alpha value is -1.88. The molecule has 1 aliphatic rings. The Kier molecular flexibility index (Phi) is 4.73. The van der Waals surface area contributed by atoms with Gasteiger partial charge in [-0.25, -0.2) is 4.98 Å². The van der Waals surface area contributed by atoms with Crippen LogP contribution in [0.25, 0.3) is 0 Å². The van der Waals surface area contributed by atoms with E-state index in [9.17, 15) is 0 Å². The van der Waals surface area contributed by atoms with Gasteiger partial charge in [0.1, 0.15) is 5.82 Å². The molecule has 3 rings (SSSR count). The lowest BCUT2D eigenvalue weighted by Crippen LogP contribution is -2.36. The van der Waals surface area contributed by atoms with E-state index in [2.05, 4.69) is 50.1 Å². The number of likely N-dealkylation sites (tertiary alicyclic amines) is 1. The van der Waals surface area contributed by atoms with Crippen LogP contribution in [0.4, 0.5) is 5.82 Å². The molecule has 0 spiro atoms. The zero-order valence-electron chi connectivity index (χ0n) is 13.5. The molecule has 1 fully saturated rings. The van der Waals surface area contributed by atoms with Gasteiger partial charge in [0, 0.05) is 51.5 Å². The third kappa shape index (κ3) is 3.47. The molecule has 0 unspecified atom stereocenters. The van der Waals surface area contributed by atoms with Gasteiger partial charge >= 0.3 is 0 Å². The van der Waals surface area contributed by atoms with E-state index in [0.29, 0.717) is 5.92 Å². The molecule has 2 aromatic rings. The molecular weight excluding hydrogens is 274 g/mol. The molecule has 0 aromatic carbocycles. The molecule has 118 valence electrons. The lowest BCUT2D eigenvalue weighted by molar-refractivity contribution is 0.163.